The lowest BCUT2D eigenvalue weighted by Gasteiger charge is -2.39. The molecule has 2 aromatic carbocycles. The minimum Gasteiger partial charge on any atom is -0.338 e. The molecule has 1 amide bonds. The maximum Gasteiger partial charge on any atom is 0.267 e. The van der Waals surface area contributed by atoms with Crippen LogP contribution in [0.4, 0.5) is 0 Å². The number of fused-ring (bicyclic) bond motifs is 5. The van der Waals surface area contributed by atoms with Gasteiger partial charge in [-0.2, -0.15) is 0 Å². The highest BCUT2D eigenvalue weighted by molar-refractivity contribution is 7.99. The van der Waals surface area contributed by atoms with Gasteiger partial charge in [0.25, 0.3) is 5.56 Å². The third-order valence-electron chi connectivity index (χ3n) is 7.47. The minimum absolute atomic E-state index is 0.139. The van der Waals surface area contributed by atoms with E-state index in [-0.39, 0.29) is 22.3 Å². The van der Waals surface area contributed by atoms with Crippen molar-refractivity contribution in [2.24, 2.45) is 10.8 Å². The van der Waals surface area contributed by atoms with Gasteiger partial charge in [-0.25, -0.2) is 4.57 Å². The van der Waals surface area contributed by atoms with Crippen molar-refractivity contribution in [2.75, 3.05) is 12.3 Å². The van der Waals surface area contributed by atoms with Gasteiger partial charge in [-0.05, 0) is 54.4 Å². The molecule has 7 nitrogen and oxygen atoms in total. The fourth-order valence-corrected chi connectivity index (χ4v) is 7.37. The van der Waals surface area contributed by atoms with Gasteiger partial charge in [-0.15, -0.1) is 10.2 Å². The van der Waals surface area contributed by atoms with E-state index in [1.807, 2.05) is 59.0 Å². The molecule has 0 N–H and O–H groups in total. The number of carbonyl (C=O) groups is 1. The Morgan fingerprint density at radius 2 is 1.77 bits per heavy atom. The molecule has 35 heavy (non-hydrogen) atoms. The second-order valence-corrected chi connectivity index (χ2v) is 12.1. The van der Waals surface area contributed by atoms with Crippen LogP contribution in [0.3, 0.4) is 0 Å². The lowest BCUT2D eigenvalue weighted by Crippen LogP contribution is -2.38. The molecule has 1 aliphatic heterocycles. The third-order valence-corrected chi connectivity index (χ3v) is 8.38. The molecule has 2 fully saturated rings. The summed E-state index contributed by atoms with van der Waals surface area (Å²) in [6.07, 6.45) is 3.31. The average Bonchev–Trinajstić information content (AvgIpc) is 3.35. The van der Waals surface area contributed by atoms with E-state index >= 15 is 0 Å². The molecule has 2 aromatic heterocycles. The molecule has 180 valence electrons. The molecule has 8 heteroatoms. The molecule has 1 saturated carbocycles. The summed E-state index contributed by atoms with van der Waals surface area (Å²) in [6, 6.07) is 17.3. The zero-order valence-corrected chi connectivity index (χ0v) is 21.1. The van der Waals surface area contributed by atoms with Crippen molar-refractivity contribution in [3.8, 4) is 5.69 Å². The number of amides is 1. The van der Waals surface area contributed by atoms with E-state index in [1.165, 1.54) is 11.8 Å². The monoisotopic (exact) mass is 487 g/mol. The number of likely N-dealkylation sites (tertiary alicyclic amines) is 1. The number of aromatic nitrogens is 4. The van der Waals surface area contributed by atoms with Gasteiger partial charge in [0.1, 0.15) is 0 Å². The first-order chi connectivity index (χ1) is 16.7. The average molecular weight is 488 g/mol. The molecule has 0 spiro atoms. The van der Waals surface area contributed by atoms with Gasteiger partial charge in [0.15, 0.2) is 5.16 Å². The Labute approximate surface area is 208 Å². The molecule has 0 radical (unpaired) electrons. The Kier molecular flexibility index (Phi) is 5.07. The van der Waals surface area contributed by atoms with Crippen LogP contribution in [0.25, 0.3) is 22.4 Å². The van der Waals surface area contributed by atoms with E-state index in [1.54, 1.807) is 4.57 Å². The van der Waals surface area contributed by atoms with Gasteiger partial charge in [0.05, 0.1) is 22.3 Å². The van der Waals surface area contributed by atoms with Gasteiger partial charge < -0.3 is 4.90 Å². The number of thioether (sulfide) groups is 1. The van der Waals surface area contributed by atoms with Crippen LogP contribution in [-0.2, 0) is 4.79 Å². The lowest BCUT2D eigenvalue weighted by molar-refractivity contribution is -0.129. The van der Waals surface area contributed by atoms with Gasteiger partial charge in [0, 0.05) is 12.6 Å². The van der Waals surface area contributed by atoms with Crippen molar-refractivity contribution in [2.45, 2.75) is 51.2 Å². The van der Waals surface area contributed by atoms with Gasteiger partial charge in [-0.1, -0.05) is 62.9 Å². The van der Waals surface area contributed by atoms with Crippen LogP contribution in [0.2, 0.25) is 0 Å². The molecule has 2 bridgehead atoms. The molecular weight excluding hydrogens is 458 g/mol. The Morgan fingerprint density at radius 1 is 1.03 bits per heavy atom. The summed E-state index contributed by atoms with van der Waals surface area (Å²) in [5.74, 6) is 0.895. The topological polar surface area (TPSA) is 72.5 Å². The molecule has 0 unspecified atom stereocenters. The van der Waals surface area contributed by atoms with Crippen molar-refractivity contribution < 1.29 is 4.79 Å². The number of nitrogens with zero attached hydrogens (tertiary/aromatic N) is 5. The molecule has 1 aliphatic carbocycles. The molecule has 3 heterocycles. The molecule has 4 aromatic rings. The van der Waals surface area contributed by atoms with E-state index in [0.29, 0.717) is 28.1 Å². The Morgan fingerprint density at radius 3 is 2.57 bits per heavy atom. The van der Waals surface area contributed by atoms with Gasteiger partial charge >= 0.3 is 0 Å². The summed E-state index contributed by atoms with van der Waals surface area (Å²) < 4.78 is 3.49. The summed E-state index contributed by atoms with van der Waals surface area (Å²) in [4.78, 5) is 28.9. The summed E-state index contributed by atoms with van der Waals surface area (Å²) in [5, 5.41) is 10.0. The number of hydrogen-bond donors (Lipinski definition) is 0. The normalized spacial score (nSPS) is 23.3. The highest BCUT2D eigenvalue weighted by Gasteiger charge is 2.50. The van der Waals surface area contributed by atoms with Crippen LogP contribution < -0.4 is 5.56 Å². The molecule has 2 aliphatic rings. The number of hydrogen-bond acceptors (Lipinski definition) is 5. The summed E-state index contributed by atoms with van der Waals surface area (Å²) in [5.41, 5.74) is 1.80. The number of rotatable bonds is 4. The Hall–Kier alpha value is -3.13. The van der Waals surface area contributed by atoms with Crippen LogP contribution in [0.15, 0.2) is 64.5 Å². The minimum atomic E-state index is -0.139. The first-order valence-corrected chi connectivity index (χ1v) is 13.1. The summed E-state index contributed by atoms with van der Waals surface area (Å²) in [7, 11) is 0. The van der Waals surface area contributed by atoms with Crippen molar-refractivity contribution in [3.05, 3.63) is 65.0 Å². The number of benzene rings is 2. The van der Waals surface area contributed by atoms with Gasteiger partial charge in [0.2, 0.25) is 11.7 Å². The Bertz CT molecular complexity index is 1510. The SMILES string of the molecule is CC1(C)C[C@@H]2C[C@](C)(CN2C(=O)CSc2nnc3n(-c4ccccc4)c(=O)c4ccccc4n23)C1. The number of carbonyl (C=O) groups excluding carboxylic acids is 1. The Balaban J connectivity index is 1.36. The zero-order valence-electron chi connectivity index (χ0n) is 20.3. The van der Waals surface area contributed by atoms with Crippen molar-refractivity contribution in [1.29, 1.82) is 0 Å². The molecular formula is C27H29N5O2S. The fourth-order valence-electron chi connectivity index (χ4n) is 6.54. The highest BCUT2D eigenvalue weighted by Crippen LogP contribution is 2.52. The van der Waals surface area contributed by atoms with Crippen LogP contribution >= 0.6 is 11.8 Å². The van der Waals surface area contributed by atoms with E-state index in [4.69, 9.17) is 0 Å². The zero-order chi connectivity index (χ0) is 24.4. The van der Waals surface area contributed by atoms with E-state index in [0.717, 1.165) is 37.0 Å². The van der Waals surface area contributed by atoms with Crippen LogP contribution in [-0.4, -0.2) is 48.3 Å². The predicted octanol–water partition coefficient (Wildman–Crippen LogP) is 4.55. The van der Waals surface area contributed by atoms with Gasteiger partial charge in [-0.3, -0.25) is 14.0 Å². The fraction of sp³-hybridized carbons (Fsp3) is 0.407. The standard InChI is InChI=1S/C27H29N5O2S/c1-26(2)13-19-14-27(3,16-26)17-30(19)22(33)15-35-25-29-28-24-31(18-9-5-4-6-10-18)23(34)20-11-7-8-12-21(20)32(24)25/h4-12,19H,13-17H2,1-3H3/t19-,27+/m1/s1. The van der Waals surface area contributed by atoms with Crippen LogP contribution in [0.1, 0.15) is 40.0 Å². The van der Waals surface area contributed by atoms with E-state index in [9.17, 15) is 9.59 Å². The van der Waals surface area contributed by atoms with Crippen molar-refractivity contribution in [1.82, 2.24) is 24.1 Å². The van der Waals surface area contributed by atoms with Crippen molar-refractivity contribution >= 4 is 34.3 Å². The highest BCUT2D eigenvalue weighted by atomic mass is 32.2. The smallest absolute Gasteiger partial charge is 0.267 e. The quantitative estimate of drug-likeness (QED) is 0.395. The van der Waals surface area contributed by atoms with Crippen molar-refractivity contribution in [3.63, 3.8) is 0 Å². The summed E-state index contributed by atoms with van der Waals surface area (Å²) >= 11 is 1.39. The maximum absolute atomic E-state index is 13.4. The second-order valence-electron chi connectivity index (χ2n) is 11.1. The first-order valence-electron chi connectivity index (χ1n) is 12.1. The van der Waals surface area contributed by atoms with Crippen LogP contribution in [0, 0.1) is 10.8 Å². The second kappa shape index (κ2) is 7.95. The summed E-state index contributed by atoms with van der Waals surface area (Å²) in [6.45, 7) is 7.79. The molecule has 6 rings (SSSR count). The third kappa shape index (κ3) is 3.75. The van der Waals surface area contributed by atoms with Crippen LogP contribution in [0.5, 0.6) is 0 Å². The molecule has 1 saturated heterocycles. The van der Waals surface area contributed by atoms with E-state index < -0.39 is 0 Å². The first kappa shape index (κ1) is 22.3. The lowest BCUT2D eigenvalue weighted by atomic mass is 9.65. The number of para-hydroxylation sites is 2. The van der Waals surface area contributed by atoms with E-state index in [2.05, 4.69) is 35.9 Å². The molecule has 2 atom stereocenters. The largest absolute Gasteiger partial charge is 0.338 e. The predicted molar refractivity (Wildman–Crippen MR) is 138 cm³/mol. The maximum atomic E-state index is 13.4.